The molecular weight excluding hydrogens is 309 g/mol. The highest BCUT2D eigenvalue weighted by Gasteiger charge is 2.34. The normalized spacial score (nSPS) is 19.8. The van der Waals surface area contributed by atoms with E-state index in [9.17, 15) is 9.18 Å². The summed E-state index contributed by atoms with van der Waals surface area (Å²) in [6.07, 6.45) is 1.02. The Balaban J connectivity index is 2.11. The molecule has 2 nitrogen and oxygen atoms in total. The predicted molar refractivity (Wildman–Crippen MR) is 77.6 cm³/mol. The third-order valence-electron chi connectivity index (χ3n) is 3.87. The fraction of sp³-hybridized carbons (Fsp3) is 0.533. The van der Waals surface area contributed by atoms with Gasteiger partial charge in [0.15, 0.2) is 0 Å². The highest BCUT2D eigenvalue weighted by atomic mass is 79.9. The summed E-state index contributed by atoms with van der Waals surface area (Å²) in [6, 6.07) is 4.55. The van der Waals surface area contributed by atoms with Crippen LogP contribution < -0.4 is 0 Å². The van der Waals surface area contributed by atoms with Crippen LogP contribution in [0, 0.1) is 17.2 Å². The van der Waals surface area contributed by atoms with Gasteiger partial charge in [0.1, 0.15) is 5.82 Å². The number of halogens is 2. The van der Waals surface area contributed by atoms with Gasteiger partial charge in [0.05, 0.1) is 4.47 Å². The molecule has 1 amide bonds. The first-order valence-electron chi connectivity index (χ1n) is 6.53. The number of nitrogens with zero attached hydrogens (tertiary/aromatic N) is 1. The first-order valence-corrected chi connectivity index (χ1v) is 7.32. The molecule has 0 N–H and O–H groups in total. The van der Waals surface area contributed by atoms with Crippen molar-refractivity contribution in [3.05, 3.63) is 34.1 Å². The zero-order valence-electron chi connectivity index (χ0n) is 11.5. The molecule has 2 rings (SSSR count). The molecule has 19 heavy (non-hydrogen) atoms. The summed E-state index contributed by atoms with van der Waals surface area (Å²) in [5.74, 6) is 0.0484. The molecule has 0 radical (unpaired) electrons. The summed E-state index contributed by atoms with van der Waals surface area (Å²) >= 11 is 3.10. The molecule has 104 valence electrons. The Labute approximate surface area is 122 Å². The average molecular weight is 328 g/mol. The van der Waals surface area contributed by atoms with Crippen molar-refractivity contribution >= 4 is 21.8 Å². The fourth-order valence-corrected chi connectivity index (χ4v) is 2.71. The summed E-state index contributed by atoms with van der Waals surface area (Å²) in [4.78, 5) is 14.2. The van der Waals surface area contributed by atoms with E-state index >= 15 is 0 Å². The third-order valence-corrected chi connectivity index (χ3v) is 4.51. The number of hydrogen-bond donors (Lipinski definition) is 0. The van der Waals surface area contributed by atoms with Crippen LogP contribution in [0.2, 0.25) is 0 Å². The maximum absolute atomic E-state index is 13.5. The molecule has 1 saturated heterocycles. The minimum atomic E-state index is -0.391. The van der Waals surface area contributed by atoms with E-state index in [0.29, 0.717) is 16.0 Å². The van der Waals surface area contributed by atoms with Gasteiger partial charge in [0, 0.05) is 18.7 Å². The van der Waals surface area contributed by atoms with E-state index < -0.39 is 5.82 Å². The monoisotopic (exact) mass is 327 g/mol. The van der Waals surface area contributed by atoms with Gasteiger partial charge in [-0.05, 0) is 51.9 Å². The minimum absolute atomic E-state index is 0.0712. The van der Waals surface area contributed by atoms with E-state index in [-0.39, 0.29) is 11.3 Å². The molecule has 4 heteroatoms. The van der Waals surface area contributed by atoms with E-state index in [1.807, 2.05) is 4.90 Å². The zero-order valence-corrected chi connectivity index (χ0v) is 13.1. The lowest BCUT2D eigenvalue weighted by molar-refractivity contribution is 0.0776. The Morgan fingerprint density at radius 1 is 1.42 bits per heavy atom. The van der Waals surface area contributed by atoms with Gasteiger partial charge in [-0.15, -0.1) is 0 Å². The molecule has 0 bridgehead atoms. The van der Waals surface area contributed by atoms with Crippen molar-refractivity contribution < 1.29 is 9.18 Å². The molecule has 0 aliphatic carbocycles. The number of hydrogen-bond acceptors (Lipinski definition) is 1. The van der Waals surface area contributed by atoms with Gasteiger partial charge in [-0.1, -0.05) is 20.8 Å². The minimum Gasteiger partial charge on any atom is -0.338 e. The average Bonchev–Trinajstić information content (AvgIpc) is 2.81. The highest BCUT2D eigenvalue weighted by molar-refractivity contribution is 9.10. The van der Waals surface area contributed by atoms with Gasteiger partial charge in [0.2, 0.25) is 0 Å². The number of benzene rings is 1. The predicted octanol–water partition coefficient (Wildman–Crippen LogP) is 4.10. The van der Waals surface area contributed by atoms with Crippen LogP contribution in [0.3, 0.4) is 0 Å². The van der Waals surface area contributed by atoms with Crippen molar-refractivity contribution in [3.63, 3.8) is 0 Å². The highest BCUT2D eigenvalue weighted by Crippen LogP contribution is 2.34. The van der Waals surface area contributed by atoms with Crippen LogP contribution in [-0.2, 0) is 0 Å². The van der Waals surface area contributed by atoms with Crippen LogP contribution in [0.4, 0.5) is 4.39 Å². The molecular formula is C15H19BrFNO. The van der Waals surface area contributed by atoms with Crippen molar-refractivity contribution in [1.82, 2.24) is 4.90 Å². The molecule has 1 aromatic rings. The van der Waals surface area contributed by atoms with E-state index in [0.717, 1.165) is 19.5 Å². The Bertz CT molecular complexity index is 495. The second-order valence-corrected chi connectivity index (χ2v) is 7.09. The Hall–Kier alpha value is -0.900. The third kappa shape index (κ3) is 3.16. The number of carbonyl (C=O) groups excluding carboxylic acids is 1. The van der Waals surface area contributed by atoms with Crippen LogP contribution in [-0.4, -0.2) is 23.9 Å². The molecule has 1 fully saturated rings. The summed E-state index contributed by atoms with van der Waals surface area (Å²) in [5, 5.41) is 0. The van der Waals surface area contributed by atoms with Gasteiger partial charge >= 0.3 is 0 Å². The lowest BCUT2D eigenvalue weighted by Crippen LogP contribution is -2.31. The Morgan fingerprint density at radius 3 is 2.63 bits per heavy atom. The second-order valence-electron chi connectivity index (χ2n) is 6.23. The van der Waals surface area contributed by atoms with E-state index in [2.05, 4.69) is 36.7 Å². The van der Waals surface area contributed by atoms with Gasteiger partial charge in [-0.2, -0.15) is 0 Å². The van der Waals surface area contributed by atoms with Crippen molar-refractivity contribution in [1.29, 1.82) is 0 Å². The molecule has 0 spiro atoms. The summed E-state index contributed by atoms with van der Waals surface area (Å²) in [5.41, 5.74) is 0.634. The quantitative estimate of drug-likeness (QED) is 0.760. The molecule has 0 aromatic heterocycles. The van der Waals surface area contributed by atoms with Crippen molar-refractivity contribution in [2.24, 2.45) is 11.3 Å². The summed E-state index contributed by atoms with van der Waals surface area (Å²) < 4.78 is 13.9. The lowest BCUT2D eigenvalue weighted by Gasteiger charge is -2.27. The molecule has 1 aliphatic rings. The van der Waals surface area contributed by atoms with Crippen LogP contribution in [0.25, 0.3) is 0 Å². The molecule has 1 heterocycles. The first-order chi connectivity index (χ1) is 8.79. The van der Waals surface area contributed by atoms with Crippen LogP contribution in [0.5, 0.6) is 0 Å². The number of amides is 1. The maximum Gasteiger partial charge on any atom is 0.253 e. The van der Waals surface area contributed by atoms with Crippen LogP contribution in [0.1, 0.15) is 37.6 Å². The molecule has 1 aromatic carbocycles. The topological polar surface area (TPSA) is 20.3 Å². The van der Waals surface area contributed by atoms with Crippen LogP contribution >= 0.6 is 15.9 Å². The SMILES string of the molecule is CC(C)(C)C1CCN(C(=O)c2ccc(Br)c(F)c2)C1. The molecule has 1 atom stereocenters. The standard InChI is InChI=1S/C15H19BrFNO/c1-15(2,3)11-6-7-18(9-11)14(19)10-4-5-12(16)13(17)8-10/h4-5,8,11H,6-7,9H2,1-3H3. The second kappa shape index (κ2) is 5.23. The van der Waals surface area contributed by atoms with Gasteiger partial charge in [0.25, 0.3) is 5.91 Å². The first kappa shape index (κ1) is 14.5. The van der Waals surface area contributed by atoms with E-state index in [1.165, 1.54) is 6.07 Å². The lowest BCUT2D eigenvalue weighted by atomic mass is 9.80. The Kier molecular flexibility index (Phi) is 4.00. The molecule has 0 saturated carbocycles. The van der Waals surface area contributed by atoms with E-state index in [1.54, 1.807) is 12.1 Å². The fourth-order valence-electron chi connectivity index (χ4n) is 2.46. The smallest absolute Gasteiger partial charge is 0.253 e. The van der Waals surface area contributed by atoms with Crippen molar-refractivity contribution in [2.45, 2.75) is 27.2 Å². The van der Waals surface area contributed by atoms with Crippen molar-refractivity contribution in [3.8, 4) is 0 Å². The van der Waals surface area contributed by atoms with Gasteiger partial charge in [-0.25, -0.2) is 4.39 Å². The summed E-state index contributed by atoms with van der Waals surface area (Å²) in [7, 11) is 0. The number of carbonyl (C=O) groups is 1. The number of rotatable bonds is 1. The maximum atomic E-state index is 13.5. The van der Waals surface area contributed by atoms with Gasteiger partial charge < -0.3 is 4.90 Å². The Morgan fingerprint density at radius 2 is 2.11 bits per heavy atom. The number of likely N-dealkylation sites (tertiary alicyclic amines) is 1. The largest absolute Gasteiger partial charge is 0.338 e. The zero-order chi connectivity index (χ0) is 14.2. The van der Waals surface area contributed by atoms with Crippen molar-refractivity contribution in [2.75, 3.05) is 13.1 Å². The molecule has 1 aliphatic heterocycles. The van der Waals surface area contributed by atoms with E-state index in [4.69, 9.17) is 0 Å². The van der Waals surface area contributed by atoms with Crippen LogP contribution in [0.15, 0.2) is 22.7 Å². The molecule has 1 unspecified atom stereocenters. The summed E-state index contributed by atoms with van der Waals surface area (Å²) in [6.45, 7) is 8.12. The van der Waals surface area contributed by atoms with Gasteiger partial charge in [-0.3, -0.25) is 4.79 Å².